The van der Waals surface area contributed by atoms with Crippen molar-refractivity contribution in [3.05, 3.63) is 58.2 Å². The molecule has 20 heavy (non-hydrogen) atoms. The quantitative estimate of drug-likeness (QED) is 0.693. The van der Waals surface area contributed by atoms with Crippen LogP contribution in [0.5, 0.6) is 0 Å². The van der Waals surface area contributed by atoms with Gasteiger partial charge in [0.05, 0.1) is 12.1 Å². The Morgan fingerprint density at radius 3 is 2.90 bits per heavy atom. The van der Waals surface area contributed by atoms with Crippen molar-refractivity contribution in [3.8, 4) is 10.7 Å². The van der Waals surface area contributed by atoms with E-state index in [2.05, 4.69) is 10.1 Å². The first-order chi connectivity index (χ1) is 9.78. The van der Waals surface area contributed by atoms with E-state index < -0.39 is 0 Å². The van der Waals surface area contributed by atoms with E-state index in [9.17, 15) is 4.79 Å². The lowest BCUT2D eigenvalue weighted by molar-refractivity contribution is 0.112. The fraction of sp³-hybridized carbons (Fsp3) is 0.0714. The number of hydrogen-bond acceptors (Lipinski definition) is 4. The lowest BCUT2D eigenvalue weighted by Crippen LogP contribution is -2.00. The second kappa shape index (κ2) is 5.56. The van der Waals surface area contributed by atoms with Crippen molar-refractivity contribution in [2.75, 3.05) is 0 Å². The van der Waals surface area contributed by atoms with E-state index in [0.29, 0.717) is 22.8 Å². The maximum absolute atomic E-state index is 11.2. The zero-order valence-corrected chi connectivity index (χ0v) is 11.9. The Labute approximate surface area is 124 Å². The van der Waals surface area contributed by atoms with Crippen molar-refractivity contribution in [1.29, 1.82) is 0 Å². The third-order valence-corrected chi connectivity index (χ3v) is 3.99. The van der Waals surface area contributed by atoms with Gasteiger partial charge in [-0.2, -0.15) is 5.10 Å². The van der Waals surface area contributed by atoms with Crippen LogP contribution in [0.15, 0.2) is 42.0 Å². The summed E-state index contributed by atoms with van der Waals surface area (Å²) in [4.78, 5) is 15.3. The molecule has 2 heterocycles. The molecule has 0 spiro atoms. The molecule has 6 heteroatoms. The third kappa shape index (κ3) is 2.50. The number of rotatable bonds is 4. The molecule has 0 radical (unpaired) electrons. The largest absolute Gasteiger partial charge is 0.298 e. The Morgan fingerprint density at radius 2 is 2.20 bits per heavy atom. The summed E-state index contributed by atoms with van der Waals surface area (Å²) < 4.78 is 1.71. The van der Waals surface area contributed by atoms with Crippen LogP contribution in [-0.2, 0) is 6.54 Å². The summed E-state index contributed by atoms with van der Waals surface area (Å²) in [6.45, 7) is 0.520. The molecule has 0 aliphatic rings. The molecule has 0 amide bonds. The van der Waals surface area contributed by atoms with Gasteiger partial charge in [-0.15, -0.1) is 11.3 Å². The zero-order valence-electron chi connectivity index (χ0n) is 10.4. The molecule has 2 aromatic heterocycles. The van der Waals surface area contributed by atoms with E-state index in [1.807, 2.05) is 29.6 Å². The van der Waals surface area contributed by atoms with Gasteiger partial charge in [0.1, 0.15) is 10.7 Å². The zero-order chi connectivity index (χ0) is 13.9. The molecule has 0 fully saturated rings. The smallest absolute Gasteiger partial charge is 0.153 e. The summed E-state index contributed by atoms with van der Waals surface area (Å²) in [6.07, 6.45) is 4.21. The van der Waals surface area contributed by atoms with Crippen LogP contribution in [0, 0.1) is 0 Å². The number of aldehydes is 1. The van der Waals surface area contributed by atoms with E-state index in [1.165, 1.54) is 11.3 Å². The number of halogens is 1. The van der Waals surface area contributed by atoms with Gasteiger partial charge in [0.25, 0.3) is 0 Å². The summed E-state index contributed by atoms with van der Waals surface area (Å²) in [7, 11) is 0. The van der Waals surface area contributed by atoms with Crippen LogP contribution in [0.1, 0.15) is 15.9 Å². The van der Waals surface area contributed by atoms with E-state index in [1.54, 1.807) is 17.1 Å². The summed E-state index contributed by atoms with van der Waals surface area (Å²) in [6, 6.07) is 7.58. The Kier molecular flexibility index (Phi) is 3.62. The standard InChI is InChI=1S/C14H10ClN3OS/c15-12-4-2-1-3-10(12)7-18-8-11(9-19)13(17-18)14-16-5-6-20-14/h1-6,8-9H,7H2. The van der Waals surface area contributed by atoms with Gasteiger partial charge >= 0.3 is 0 Å². The third-order valence-electron chi connectivity index (χ3n) is 2.84. The fourth-order valence-electron chi connectivity index (χ4n) is 1.91. The molecule has 0 atom stereocenters. The molecule has 0 saturated carbocycles. The minimum atomic E-state index is 0.520. The van der Waals surface area contributed by atoms with E-state index in [4.69, 9.17) is 11.6 Å². The Morgan fingerprint density at radius 1 is 1.35 bits per heavy atom. The molecule has 3 aromatic rings. The van der Waals surface area contributed by atoms with E-state index >= 15 is 0 Å². The SMILES string of the molecule is O=Cc1cn(Cc2ccccc2Cl)nc1-c1nccs1. The highest BCUT2D eigenvalue weighted by molar-refractivity contribution is 7.13. The second-order valence-electron chi connectivity index (χ2n) is 4.18. The number of carbonyl (C=O) groups excluding carboxylic acids is 1. The highest BCUT2D eigenvalue weighted by atomic mass is 35.5. The van der Waals surface area contributed by atoms with Crippen molar-refractivity contribution in [2.24, 2.45) is 0 Å². The van der Waals surface area contributed by atoms with Gasteiger partial charge in [-0.05, 0) is 11.6 Å². The van der Waals surface area contributed by atoms with Crippen molar-refractivity contribution in [1.82, 2.24) is 14.8 Å². The maximum Gasteiger partial charge on any atom is 0.153 e. The van der Waals surface area contributed by atoms with Crippen LogP contribution >= 0.6 is 22.9 Å². The number of benzene rings is 1. The predicted octanol–water partition coefficient (Wildman–Crippen LogP) is 3.52. The average molecular weight is 304 g/mol. The molecule has 0 unspecified atom stereocenters. The van der Waals surface area contributed by atoms with Gasteiger partial charge in [-0.3, -0.25) is 9.48 Å². The monoisotopic (exact) mass is 303 g/mol. The van der Waals surface area contributed by atoms with Crippen LogP contribution in [0.4, 0.5) is 0 Å². The van der Waals surface area contributed by atoms with Crippen LogP contribution in [0.25, 0.3) is 10.7 Å². The molecule has 4 nitrogen and oxygen atoms in total. The van der Waals surface area contributed by atoms with Crippen molar-refractivity contribution >= 4 is 29.2 Å². The predicted molar refractivity (Wildman–Crippen MR) is 79.3 cm³/mol. The fourth-order valence-corrected chi connectivity index (χ4v) is 2.75. The van der Waals surface area contributed by atoms with Gasteiger partial charge < -0.3 is 0 Å². The molecular formula is C14H10ClN3OS. The first-order valence-electron chi connectivity index (χ1n) is 5.94. The minimum Gasteiger partial charge on any atom is -0.298 e. The van der Waals surface area contributed by atoms with Crippen molar-refractivity contribution in [2.45, 2.75) is 6.54 Å². The number of hydrogen-bond donors (Lipinski definition) is 0. The number of thiazole rings is 1. The lowest BCUT2D eigenvalue weighted by Gasteiger charge is -2.03. The highest BCUT2D eigenvalue weighted by Gasteiger charge is 2.13. The van der Waals surface area contributed by atoms with Gasteiger partial charge in [0, 0.05) is 22.8 Å². The van der Waals surface area contributed by atoms with Gasteiger partial charge in [-0.1, -0.05) is 29.8 Å². The first kappa shape index (κ1) is 13.0. The summed E-state index contributed by atoms with van der Waals surface area (Å²) >= 11 is 7.59. The molecule has 3 rings (SSSR count). The normalized spacial score (nSPS) is 10.7. The summed E-state index contributed by atoms with van der Waals surface area (Å²) in [5.74, 6) is 0. The molecular weight excluding hydrogens is 294 g/mol. The van der Waals surface area contributed by atoms with E-state index in [-0.39, 0.29) is 0 Å². The van der Waals surface area contributed by atoms with Crippen LogP contribution in [-0.4, -0.2) is 21.1 Å². The van der Waals surface area contributed by atoms with Crippen molar-refractivity contribution < 1.29 is 4.79 Å². The molecule has 100 valence electrons. The number of aromatic nitrogens is 3. The molecule has 0 aliphatic carbocycles. The van der Waals surface area contributed by atoms with Crippen molar-refractivity contribution in [3.63, 3.8) is 0 Å². The van der Waals surface area contributed by atoms with E-state index in [0.717, 1.165) is 16.9 Å². The van der Waals surface area contributed by atoms with Crippen LogP contribution in [0.2, 0.25) is 5.02 Å². The maximum atomic E-state index is 11.2. The first-order valence-corrected chi connectivity index (χ1v) is 7.19. The minimum absolute atomic E-state index is 0.520. The molecule has 0 aliphatic heterocycles. The number of nitrogens with zero attached hydrogens (tertiary/aromatic N) is 3. The van der Waals surface area contributed by atoms with Crippen LogP contribution < -0.4 is 0 Å². The lowest BCUT2D eigenvalue weighted by atomic mass is 10.2. The van der Waals surface area contributed by atoms with Gasteiger partial charge in [0.2, 0.25) is 0 Å². The Balaban J connectivity index is 1.96. The molecule has 1 aromatic carbocycles. The average Bonchev–Trinajstić information content (AvgIpc) is 3.09. The highest BCUT2D eigenvalue weighted by Crippen LogP contribution is 2.24. The summed E-state index contributed by atoms with van der Waals surface area (Å²) in [5.41, 5.74) is 2.11. The molecule has 0 saturated heterocycles. The Bertz CT molecular complexity index is 737. The Hall–Kier alpha value is -1.98. The van der Waals surface area contributed by atoms with Gasteiger partial charge in [0.15, 0.2) is 6.29 Å². The van der Waals surface area contributed by atoms with Gasteiger partial charge in [-0.25, -0.2) is 4.98 Å². The van der Waals surface area contributed by atoms with Crippen LogP contribution in [0.3, 0.4) is 0 Å². The second-order valence-corrected chi connectivity index (χ2v) is 5.48. The number of carbonyl (C=O) groups is 1. The molecule has 0 bridgehead atoms. The topological polar surface area (TPSA) is 47.8 Å². The summed E-state index contributed by atoms with van der Waals surface area (Å²) in [5, 5.41) is 7.72. The molecule has 0 N–H and O–H groups in total.